The normalized spacial score (nSPS) is 11.8. The lowest BCUT2D eigenvalue weighted by atomic mass is 10.3. The number of nitrogens with zero attached hydrogens (tertiary/aromatic N) is 2. The van der Waals surface area contributed by atoms with Crippen LogP contribution in [0.15, 0.2) is 18.2 Å². The molecule has 7 heteroatoms. The molecule has 90 valence electrons. The van der Waals surface area contributed by atoms with Gasteiger partial charge in [-0.3, -0.25) is 4.31 Å². The highest BCUT2D eigenvalue weighted by atomic mass is 35.5. The molecule has 0 unspecified atom stereocenters. The lowest BCUT2D eigenvalue weighted by Crippen LogP contribution is -2.37. The minimum atomic E-state index is -3.49. The Bertz CT molecular complexity index is 488. The molecule has 0 saturated carbocycles. The Hall–Kier alpha value is -0.980. The zero-order chi connectivity index (χ0) is 12.5. The monoisotopic (exact) mass is 263 g/mol. The lowest BCUT2D eigenvalue weighted by molar-refractivity contribution is 0.519. The van der Waals surface area contributed by atoms with Crippen molar-refractivity contribution in [3.05, 3.63) is 23.2 Å². The van der Waals surface area contributed by atoms with E-state index < -0.39 is 10.2 Å². The van der Waals surface area contributed by atoms with Crippen molar-refractivity contribution in [2.75, 3.05) is 31.2 Å². The van der Waals surface area contributed by atoms with E-state index in [1.54, 1.807) is 12.1 Å². The fourth-order valence-electron chi connectivity index (χ4n) is 1.11. The van der Waals surface area contributed by atoms with Crippen LogP contribution in [0.3, 0.4) is 0 Å². The molecule has 16 heavy (non-hydrogen) atoms. The number of nitrogens with two attached hydrogens (primary N) is 1. The van der Waals surface area contributed by atoms with Crippen LogP contribution in [0.4, 0.5) is 11.4 Å². The van der Waals surface area contributed by atoms with Crippen molar-refractivity contribution in [3.63, 3.8) is 0 Å². The van der Waals surface area contributed by atoms with Crippen LogP contribution in [0.25, 0.3) is 0 Å². The first-order valence-electron chi connectivity index (χ1n) is 4.48. The van der Waals surface area contributed by atoms with Gasteiger partial charge in [0.05, 0.1) is 16.4 Å². The molecule has 1 rings (SSSR count). The van der Waals surface area contributed by atoms with Crippen molar-refractivity contribution in [1.29, 1.82) is 0 Å². The molecule has 0 aliphatic rings. The van der Waals surface area contributed by atoms with Crippen molar-refractivity contribution in [2.24, 2.45) is 0 Å². The second-order valence-electron chi connectivity index (χ2n) is 3.46. The lowest BCUT2D eigenvalue weighted by Gasteiger charge is -2.23. The van der Waals surface area contributed by atoms with E-state index in [4.69, 9.17) is 17.3 Å². The molecule has 0 amide bonds. The number of halogens is 1. The topological polar surface area (TPSA) is 66.6 Å². The molecular weight excluding hydrogens is 250 g/mol. The summed E-state index contributed by atoms with van der Waals surface area (Å²) in [5, 5.41) is 0.402. The third-order valence-corrected chi connectivity index (χ3v) is 4.32. The summed E-state index contributed by atoms with van der Waals surface area (Å²) in [6.07, 6.45) is 0. The van der Waals surface area contributed by atoms with Crippen LogP contribution in [0.1, 0.15) is 0 Å². The van der Waals surface area contributed by atoms with Gasteiger partial charge in [-0.1, -0.05) is 11.6 Å². The summed E-state index contributed by atoms with van der Waals surface area (Å²) in [6.45, 7) is 0. The number of hydrogen-bond donors (Lipinski definition) is 1. The van der Waals surface area contributed by atoms with Gasteiger partial charge in [0, 0.05) is 21.1 Å². The molecule has 0 saturated heterocycles. The summed E-state index contributed by atoms with van der Waals surface area (Å²) in [7, 11) is 0.892. The van der Waals surface area contributed by atoms with Gasteiger partial charge in [-0.2, -0.15) is 12.7 Å². The second-order valence-corrected chi connectivity index (χ2v) is 6.04. The van der Waals surface area contributed by atoms with E-state index in [9.17, 15) is 8.42 Å². The first-order valence-corrected chi connectivity index (χ1v) is 6.25. The van der Waals surface area contributed by atoms with Crippen LogP contribution < -0.4 is 10.0 Å². The molecule has 5 nitrogen and oxygen atoms in total. The minimum absolute atomic E-state index is 0.347. The van der Waals surface area contributed by atoms with Crippen LogP contribution in [-0.4, -0.2) is 33.9 Å². The third kappa shape index (κ3) is 2.40. The SMILES string of the molecule is CN(C)S(=O)(=O)N(C)c1ccc(Cl)c(N)c1. The fourth-order valence-corrected chi connectivity index (χ4v) is 2.09. The highest BCUT2D eigenvalue weighted by Crippen LogP contribution is 2.26. The predicted molar refractivity (Wildman–Crippen MR) is 66.9 cm³/mol. The predicted octanol–water partition coefficient (Wildman–Crippen LogP) is 1.16. The Morgan fingerprint density at radius 1 is 1.25 bits per heavy atom. The first-order chi connectivity index (χ1) is 7.26. The largest absolute Gasteiger partial charge is 0.397 e. The molecule has 0 aliphatic carbocycles. The summed E-state index contributed by atoms with van der Waals surface area (Å²) in [4.78, 5) is 0. The maximum absolute atomic E-state index is 11.8. The van der Waals surface area contributed by atoms with E-state index in [1.807, 2.05) is 0 Å². The van der Waals surface area contributed by atoms with Gasteiger partial charge in [0.2, 0.25) is 0 Å². The van der Waals surface area contributed by atoms with Crippen LogP contribution >= 0.6 is 11.6 Å². The van der Waals surface area contributed by atoms with Crippen molar-refractivity contribution >= 4 is 33.2 Å². The van der Waals surface area contributed by atoms with Crippen LogP contribution in [-0.2, 0) is 10.2 Å². The van der Waals surface area contributed by atoms with Gasteiger partial charge >= 0.3 is 10.2 Å². The van der Waals surface area contributed by atoms with Crippen molar-refractivity contribution in [3.8, 4) is 0 Å². The van der Waals surface area contributed by atoms with Gasteiger partial charge in [-0.25, -0.2) is 0 Å². The molecule has 1 aromatic carbocycles. The maximum Gasteiger partial charge on any atom is 0.303 e. The second kappa shape index (κ2) is 4.48. The standard InChI is InChI=1S/C9H14ClN3O2S/c1-12(2)16(14,15)13(3)7-4-5-8(10)9(11)6-7/h4-6H,11H2,1-3H3. The highest BCUT2D eigenvalue weighted by Gasteiger charge is 2.21. The number of anilines is 2. The van der Waals surface area contributed by atoms with E-state index >= 15 is 0 Å². The van der Waals surface area contributed by atoms with E-state index in [-0.39, 0.29) is 0 Å². The molecule has 2 N–H and O–H groups in total. The van der Waals surface area contributed by atoms with Crippen LogP contribution in [0, 0.1) is 0 Å². The molecule has 0 radical (unpaired) electrons. The zero-order valence-electron chi connectivity index (χ0n) is 9.31. The van der Waals surface area contributed by atoms with Crippen LogP contribution in [0.2, 0.25) is 5.02 Å². The number of rotatable bonds is 3. The summed E-state index contributed by atoms with van der Waals surface area (Å²) in [5.41, 5.74) is 6.43. The van der Waals surface area contributed by atoms with Gasteiger partial charge in [-0.05, 0) is 18.2 Å². The quantitative estimate of drug-likeness (QED) is 0.833. The van der Waals surface area contributed by atoms with E-state index in [0.717, 1.165) is 8.61 Å². The molecular formula is C9H14ClN3O2S. The van der Waals surface area contributed by atoms with E-state index in [2.05, 4.69) is 0 Å². The zero-order valence-corrected chi connectivity index (χ0v) is 10.9. The van der Waals surface area contributed by atoms with Gasteiger partial charge in [0.1, 0.15) is 0 Å². The molecule has 1 aromatic rings. The summed E-state index contributed by atoms with van der Waals surface area (Å²) >= 11 is 5.76. The molecule has 0 bridgehead atoms. The van der Waals surface area contributed by atoms with Gasteiger partial charge in [0.25, 0.3) is 0 Å². The average molecular weight is 264 g/mol. The molecule has 0 aromatic heterocycles. The first kappa shape index (κ1) is 13.1. The maximum atomic E-state index is 11.8. The molecule has 0 atom stereocenters. The Balaban J connectivity index is 3.16. The van der Waals surface area contributed by atoms with Crippen molar-refractivity contribution in [2.45, 2.75) is 0 Å². The summed E-state index contributed by atoms with van der Waals surface area (Å²) in [5.74, 6) is 0. The van der Waals surface area contributed by atoms with Gasteiger partial charge in [-0.15, -0.1) is 0 Å². The van der Waals surface area contributed by atoms with Crippen molar-refractivity contribution in [1.82, 2.24) is 4.31 Å². The van der Waals surface area contributed by atoms with E-state index in [0.29, 0.717) is 16.4 Å². The Morgan fingerprint density at radius 2 is 1.81 bits per heavy atom. The average Bonchev–Trinajstić information content (AvgIpc) is 2.20. The Kier molecular flexibility index (Phi) is 3.67. The number of benzene rings is 1. The van der Waals surface area contributed by atoms with Crippen LogP contribution in [0.5, 0.6) is 0 Å². The highest BCUT2D eigenvalue weighted by molar-refractivity contribution is 7.90. The Morgan fingerprint density at radius 3 is 2.25 bits per heavy atom. The van der Waals surface area contributed by atoms with E-state index in [1.165, 1.54) is 27.2 Å². The van der Waals surface area contributed by atoms with Gasteiger partial charge < -0.3 is 5.73 Å². The third-order valence-electron chi connectivity index (χ3n) is 2.15. The molecule has 0 fully saturated rings. The molecule has 0 spiro atoms. The number of hydrogen-bond acceptors (Lipinski definition) is 3. The molecule has 0 heterocycles. The van der Waals surface area contributed by atoms with Crippen molar-refractivity contribution < 1.29 is 8.42 Å². The summed E-state index contributed by atoms with van der Waals surface area (Å²) < 4.78 is 25.9. The fraction of sp³-hybridized carbons (Fsp3) is 0.333. The summed E-state index contributed by atoms with van der Waals surface area (Å²) in [6, 6.07) is 4.68. The smallest absolute Gasteiger partial charge is 0.303 e. The number of nitrogen functional groups attached to an aromatic ring is 1. The minimum Gasteiger partial charge on any atom is -0.397 e. The van der Waals surface area contributed by atoms with Gasteiger partial charge in [0.15, 0.2) is 0 Å². The molecule has 0 aliphatic heterocycles. The Labute approximate surface area is 101 Å².